The monoisotopic (exact) mass is 261 g/mol. The Labute approximate surface area is 108 Å². The molecule has 7 heteroatoms. The van der Waals surface area contributed by atoms with Gasteiger partial charge in [-0.1, -0.05) is 24.3 Å². The zero-order chi connectivity index (χ0) is 13.8. The van der Waals surface area contributed by atoms with Gasteiger partial charge in [-0.25, -0.2) is 4.99 Å². The smallest absolute Gasteiger partial charge is 0.258 e. The number of carbonyl (C=O) groups is 2. The van der Waals surface area contributed by atoms with Crippen LogP contribution < -0.4 is 10.6 Å². The highest BCUT2D eigenvalue weighted by Gasteiger charge is 2.67. The van der Waals surface area contributed by atoms with Crippen LogP contribution in [0.4, 0.5) is 0 Å². The van der Waals surface area contributed by atoms with Gasteiger partial charge in [0.1, 0.15) is 0 Å². The van der Waals surface area contributed by atoms with E-state index in [2.05, 4.69) is 15.6 Å². The molecule has 0 radical (unpaired) electrons. The Morgan fingerprint density at radius 3 is 2.74 bits per heavy atom. The second kappa shape index (κ2) is 3.40. The number of fused-ring (bicyclic) bond motifs is 3. The first-order valence-corrected chi connectivity index (χ1v) is 5.63. The van der Waals surface area contributed by atoms with Crippen LogP contribution in [0, 0.1) is 0 Å². The lowest BCUT2D eigenvalue weighted by Crippen LogP contribution is -2.59. The molecule has 4 N–H and O–H groups in total. The Kier molecular flexibility index (Phi) is 2.11. The predicted molar refractivity (Wildman–Crippen MR) is 64.0 cm³/mol. The van der Waals surface area contributed by atoms with E-state index in [1.807, 2.05) is 0 Å². The fraction of sp³-hybridized carbons (Fsp3) is 0.250. The molecule has 0 fully saturated rings. The summed E-state index contributed by atoms with van der Waals surface area (Å²) in [6.45, 7) is 1.25. The van der Waals surface area contributed by atoms with E-state index in [1.54, 1.807) is 12.1 Å². The minimum Gasteiger partial charge on any atom is -0.361 e. The van der Waals surface area contributed by atoms with E-state index in [-0.39, 0.29) is 17.1 Å². The number of nitrogens with one attached hydrogen (secondary N) is 2. The van der Waals surface area contributed by atoms with Crippen LogP contribution in [0.2, 0.25) is 0 Å². The number of Topliss-reactive ketones (excluding diaryl/α,β-unsaturated/α-hetero) is 1. The van der Waals surface area contributed by atoms with Crippen LogP contribution in [0.3, 0.4) is 0 Å². The summed E-state index contributed by atoms with van der Waals surface area (Å²) in [5.41, 5.74) is -4.01. The van der Waals surface area contributed by atoms with Crippen molar-refractivity contribution in [2.24, 2.45) is 4.99 Å². The third kappa shape index (κ3) is 1.31. The van der Waals surface area contributed by atoms with Crippen LogP contribution in [-0.2, 0) is 10.5 Å². The number of benzene rings is 1. The largest absolute Gasteiger partial charge is 0.361 e. The third-order valence-corrected chi connectivity index (χ3v) is 3.25. The number of aliphatic hydroxyl groups is 2. The van der Waals surface area contributed by atoms with Crippen LogP contribution in [0.25, 0.3) is 0 Å². The van der Waals surface area contributed by atoms with Gasteiger partial charge in [0, 0.05) is 18.1 Å². The summed E-state index contributed by atoms with van der Waals surface area (Å²) >= 11 is 0. The molecular weight excluding hydrogens is 250 g/mol. The second-order valence-electron chi connectivity index (χ2n) is 4.52. The maximum atomic E-state index is 12.2. The number of amides is 1. The molecule has 98 valence electrons. The minimum absolute atomic E-state index is 0.139. The number of carbonyl (C=O) groups excluding carboxylic acids is 2. The van der Waals surface area contributed by atoms with Gasteiger partial charge < -0.3 is 15.5 Å². The van der Waals surface area contributed by atoms with E-state index < -0.39 is 23.1 Å². The van der Waals surface area contributed by atoms with Crippen molar-refractivity contribution in [2.75, 3.05) is 0 Å². The molecule has 1 aliphatic heterocycles. The SMILES string of the molecule is CC(=O)NC1=N[C@]2(O)c3ccccc3C(=O)[C@@]2(O)N1. The minimum atomic E-state index is -2.28. The molecule has 0 saturated carbocycles. The van der Waals surface area contributed by atoms with E-state index in [9.17, 15) is 19.8 Å². The summed E-state index contributed by atoms with van der Waals surface area (Å²) in [7, 11) is 0. The summed E-state index contributed by atoms with van der Waals surface area (Å²) in [6, 6.07) is 6.26. The number of guanidine groups is 1. The predicted octanol–water partition coefficient (Wildman–Crippen LogP) is -1.19. The first kappa shape index (κ1) is 11.8. The standard InChI is InChI=1S/C12H11N3O4/c1-6(16)13-10-14-11(18)8-5-3-2-4-7(8)9(17)12(11,19)15-10/h2-5,18-19H,1H3,(H2,13,14,15,16)/t11-,12-/m0/s1. The van der Waals surface area contributed by atoms with Crippen molar-refractivity contribution in [1.82, 2.24) is 10.6 Å². The zero-order valence-corrected chi connectivity index (χ0v) is 9.97. The Morgan fingerprint density at radius 2 is 2.05 bits per heavy atom. The summed E-state index contributed by atoms with van der Waals surface area (Å²) < 4.78 is 0. The molecule has 19 heavy (non-hydrogen) atoms. The summed E-state index contributed by atoms with van der Waals surface area (Å²) in [6.07, 6.45) is 0. The van der Waals surface area contributed by atoms with Gasteiger partial charge in [0.25, 0.3) is 5.72 Å². The van der Waals surface area contributed by atoms with Crippen LogP contribution in [0.15, 0.2) is 29.3 Å². The zero-order valence-electron chi connectivity index (χ0n) is 9.97. The van der Waals surface area contributed by atoms with E-state index in [4.69, 9.17) is 0 Å². The van der Waals surface area contributed by atoms with Crippen molar-refractivity contribution in [3.8, 4) is 0 Å². The topological polar surface area (TPSA) is 111 Å². The van der Waals surface area contributed by atoms with E-state index >= 15 is 0 Å². The molecule has 0 bridgehead atoms. The quantitative estimate of drug-likeness (QED) is 0.469. The fourth-order valence-electron chi connectivity index (χ4n) is 2.41. The molecule has 0 spiro atoms. The maximum absolute atomic E-state index is 12.2. The number of hydrogen-bond acceptors (Lipinski definition) is 6. The maximum Gasteiger partial charge on any atom is 0.258 e. The highest BCUT2D eigenvalue weighted by molar-refractivity contribution is 6.12. The first-order chi connectivity index (χ1) is 8.88. The Bertz CT molecular complexity index is 642. The first-order valence-electron chi connectivity index (χ1n) is 5.63. The van der Waals surface area contributed by atoms with E-state index in [0.717, 1.165) is 0 Å². The van der Waals surface area contributed by atoms with E-state index in [1.165, 1.54) is 19.1 Å². The van der Waals surface area contributed by atoms with Crippen LogP contribution in [0.1, 0.15) is 22.8 Å². The molecule has 0 unspecified atom stereocenters. The van der Waals surface area contributed by atoms with Gasteiger partial charge in [0.15, 0.2) is 0 Å². The van der Waals surface area contributed by atoms with Crippen molar-refractivity contribution in [2.45, 2.75) is 18.4 Å². The number of ketones is 1. The molecular formula is C12H11N3O4. The van der Waals surface area contributed by atoms with Crippen molar-refractivity contribution in [1.29, 1.82) is 0 Å². The molecule has 0 aromatic heterocycles. The second-order valence-corrected chi connectivity index (χ2v) is 4.52. The van der Waals surface area contributed by atoms with Gasteiger partial charge in [0.05, 0.1) is 0 Å². The van der Waals surface area contributed by atoms with Crippen molar-refractivity contribution in [3.63, 3.8) is 0 Å². The molecule has 1 aromatic rings. The lowest BCUT2D eigenvalue weighted by atomic mass is 10.0. The number of hydrogen-bond donors (Lipinski definition) is 4. The normalized spacial score (nSPS) is 31.3. The lowest BCUT2D eigenvalue weighted by Gasteiger charge is -2.27. The molecule has 2 aliphatic rings. The van der Waals surface area contributed by atoms with Crippen molar-refractivity contribution >= 4 is 17.6 Å². The summed E-state index contributed by atoms with van der Waals surface area (Å²) in [4.78, 5) is 27.0. The Hall–Kier alpha value is -2.25. The molecule has 1 heterocycles. The number of nitrogens with zero attached hydrogens (tertiary/aromatic N) is 1. The third-order valence-electron chi connectivity index (χ3n) is 3.25. The van der Waals surface area contributed by atoms with Gasteiger partial charge >= 0.3 is 0 Å². The van der Waals surface area contributed by atoms with Gasteiger partial charge in [0.2, 0.25) is 23.4 Å². The lowest BCUT2D eigenvalue weighted by molar-refractivity contribution is -0.118. The molecule has 1 aromatic carbocycles. The van der Waals surface area contributed by atoms with E-state index in [0.29, 0.717) is 0 Å². The Balaban J connectivity index is 2.15. The van der Waals surface area contributed by atoms with Gasteiger partial charge in [-0.05, 0) is 0 Å². The average molecular weight is 261 g/mol. The number of rotatable bonds is 0. The fourth-order valence-corrected chi connectivity index (χ4v) is 2.41. The van der Waals surface area contributed by atoms with Crippen LogP contribution in [0.5, 0.6) is 0 Å². The molecule has 0 saturated heterocycles. The van der Waals surface area contributed by atoms with Gasteiger partial charge in [-0.2, -0.15) is 0 Å². The Morgan fingerprint density at radius 1 is 1.37 bits per heavy atom. The molecule has 3 rings (SSSR count). The van der Waals surface area contributed by atoms with Crippen LogP contribution >= 0.6 is 0 Å². The molecule has 1 aliphatic carbocycles. The summed E-state index contributed by atoms with van der Waals surface area (Å²) in [5.74, 6) is -1.26. The average Bonchev–Trinajstić information content (AvgIpc) is 2.68. The van der Waals surface area contributed by atoms with Gasteiger partial charge in [-0.3, -0.25) is 14.9 Å². The van der Waals surface area contributed by atoms with Crippen molar-refractivity contribution in [3.05, 3.63) is 35.4 Å². The summed E-state index contributed by atoms with van der Waals surface area (Å²) in [5, 5.41) is 25.6. The molecule has 1 amide bonds. The number of aliphatic imine (C=N–C) groups is 1. The highest BCUT2D eigenvalue weighted by Crippen LogP contribution is 2.46. The molecule has 2 atom stereocenters. The van der Waals surface area contributed by atoms with Crippen LogP contribution in [-0.4, -0.2) is 33.6 Å². The van der Waals surface area contributed by atoms with Gasteiger partial charge in [-0.15, -0.1) is 0 Å². The highest BCUT2D eigenvalue weighted by atomic mass is 16.4. The van der Waals surface area contributed by atoms with Crippen molar-refractivity contribution < 1.29 is 19.8 Å². The molecule has 7 nitrogen and oxygen atoms in total.